The number of fused-ring (bicyclic) bond motifs is 3. The van der Waals surface area contributed by atoms with Crippen molar-refractivity contribution in [3.8, 4) is 0 Å². The second-order valence-corrected chi connectivity index (χ2v) is 17.0. The number of rotatable bonds is 5. The monoisotopic (exact) mass is 749 g/mol. The molecular formula is C39H51N5O8S. The molecule has 6 atom stereocenters. The highest BCUT2D eigenvalue weighted by molar-refractivity contribution is 7.83. The summed E-state index contributed by atoms with van der Waals surface area (Å²) in [5.41, 5.74) is 0.938. The molecule has 286 valence electrons. The fraction of sp³-hybridized carbons (Fsp3) is 0.564. The summed E-state index contributed by atoms with van der Waals surface area (Å²) in [6.45, 7) is 7.81. The van der Waals surface area contributed by atoms with E-state index in [0.29, 0.717) is 43.7 Å². The van der Waals surface area contributed by atoms with Crippen molar-refractivity contribution in [2.24, 2.45) is 5.92 Å². The highest BCUT2D eigenvalue weighted by Gasteiger charge is 2.62. The molecule has 14 heteroatoms. The summed E-state index contributed by atoms with van der Waals surface area (Å²) in [4.78, 5) is 72.4. The summed E-state index contributed by atoms with van der Waals surface area (Å²) in [7, 11) is -1.85. The Bertz CT molecular complexity index is 1720. The van der Waals surface area contributed by atoms with Crippen LogP contribution in [0, 0.1) is 12.8 Å². The number of alkyl carbamates (subject to hydrolysis) is 1. The third-order valence-corrected chi connectivity index (χ3v) is 11.6. The van der Waals surface area contributed by atoms with Crippen molar-refractivity contribution in [2.75, 3.05) is 6.54 Å². The zero-order valence-electron chi connectivity index (χ0n) is 31.0. The van der Waals surface area contributed by atoms with E-state index in [9.17, 15) is 28.2 Å². The van der Waals surface area contributed by atoms with Gasteiger partial charge in [0.2, 0.25) is 11.8 Å². The Hall–Kier alpha value is -4.46. The van der Waals surface area contributed by atoms with E-state index in [0.717, 1.165) is 42.4 Å². The van der Waals surface area contributed by atoms with Crippen molar-refractivity contribution in [3.05, 3.63) is 65.2 Å². The topological polar surface area (TPSA) is 163 Å². The Balaban J connectivity index is 1.24. The van der Waals surface area contributed by atoms with E-state index < -0.39 is 70.2 Å². The number of benzene rings is 2. The number of carbonyl (C=O) groups excluding carboxylic acids is 5. The Kier molecular flexibility index (Phi) is 11.5. The average Bonchev–Trinajstić information content (AvgIpc) is 3.40. The molecule has 1 aliphatic carbocycles. The zero-order valence-corrected chi connectivity index (χ0v) is 31.8. The third kappa shape index (κ3) is 9.20. The van der Waals surface area contributed by atoms with Crippen molar-refractivity contribution in [1.82, 2.24) is 25.2 Å². The van der Waals surface area contributed by atoms with Crippen LogP contribution in [0.1, 0.15) is 95.2 Å². The van der Waals surface area contributed by atoms with Crippen LogP contribution in [0.5, 0.6) is 0 Å². The molecule has 5 amide bonds. The maximum absolute atomic E-state index is 14.4. The Morgan fingerprint density at radius 1 is 0.925 bits per heavy atom. The molecular weight excluding hydrogens is 699 g/mol. The minimum atomic E-state index is -1.85. The molecule has 3 aliphatic heterocycles. The SMILES string of the molecule is Cc1ccc([S@@](=O)NC(=O)[C@@]23C[C@H]2CCCCCCC[C@H](NC(=O)OC(C)(C)C)C(=O)N2C[C@H](OC(=O)N4Cc5ccccc5C4)C[C@H]2C(=O)N3)cc1. The lowest BCUT2D eigenvalue weighted by molar-refractivity contribution is -0.141. The van der Waals surface area contributed by atoms with E-state index in [1.54, 1.807) is 37.8 Å². The molecule has 0 unspecified atom stereocenters. The number of aryl methyl sites for hydroxylation is 1. The van der Waals surface area contributed by atoms with Crippen LogP contribution in [-0.4, -0.2) is 79.8 Å². The van der Waals surface area contributed by atoms with Gasteiger partial charge < -0.3 is 25.0 Å². The molecule has 2 aromatic carbocycles. The lowest BCUT2D eigenvalue weighted by Gasteiger charge is -2.30. The molecule has 4 aliphatic rings. The van der Waals surface area contributed by atoms with Crippen LogP contribution in [0.25, 0.3) is 0 Å². The minimum Gasteiger partial charge on any atom is -0.444 e. The van der Waals surface area contributed by atoms with Gasteiger partial charge in [-0.15, -0.1) is 0 Å². The highest BCUT2D eigenvalue weighted by atomic mass is 32.2. The Morgan fingerprint density at radius 2 is 1.57 bits per heavy atom. The van der Waals surface area contributed by atoms with Crippen molar-refractivity contribution in [2.45, 2.75) is 133 Å². The number of amides is 5. The van der Waals surface area contributed by atoms with Gasteiger partial charge in [0.1, 0.15) is 29.3 Å². The molecule has 2 saturated heterocycles. The lowest BCUT2D eigenvalue weighted by atomic mass is 10.0. The van der Waals surface area contributed by atoms with Crippen molar-refractivity contribution >= 4 is 40.9 Å². The van der Waals surface area contributed by atoms with E-state index >= 15 is 0 Å². The van der Waals surface area contributed by atoms with Crippen molar-refractivity contribution in [1.29, 1.82) is 0 Å². The number of nitrogens with zero attached hydrogens (tertiary/aromatic N) is 2. The van der Waals surface area contributed by atoms with E-state index in [2.05, 4.69) is 15.4 Å². The van der Waals surface area contributed by atoms with Gasteiger partial charge in [-0.3, -0.25) is 24.0 Å². The summed E-state index contributed by atoms with van der Waals surface area (Å²) < 4.78 is 27.3. The minimum absolute atomic E-state index is 0.000915. The normalized spacial score (nSPS) is 26.8. The van der Waals surface area contributed by atoms with E-state index in [4.69, 9.17) is 9.47 Å². The number of hydrogen-bond acceptors (Lipinski definition) is 8. The van der Waals surface area contributed by atoms with E-state index in [-0.39, 0.29) is 18.9 Å². The number of nitrogens with one attached hydrogen (secondary N) is 3. The van der Waals surface area contributed by atoms with Gasteiger partial charge in [0.05, 0.1) is 11.4 Å². The molecule has 0 aromatic heterocycles. The van der Waals surface area contributed by atoms with Crippen LogP contribution < -0.4 is 15.4 Å². The lowest BCUT2D eigenvalue weighted by Crippen LogP contribution is -2.58. The molecule has 6 rings (SSSR count). The van der Waals surface area contributed by atoms with Gasteiger partial charge >= 0.3 is 12.2 Å². The first-order valence-corrected chi connectivity index (χ1v) is 19.8. The smallest absolute Gasteiger partial charge is 0.410 e. The molecule has 0 spiro atoms. The second-order valence-electron chi connectivity index (χ2n) is 15.8. The Labute approximate surface area is 313 Å². The molecule has 2 aromatic rings. The van der Waals surface area contributed by atoms with Gasteiger partial charge in [0.25, 0.3) is 5.91 Å². The van der Waals surface area contributed by atoms with Gasteiger partial charge in [-0.05, 0) is 76.1 Å². The molecule has 1 saturated carbocycles. The van der Waals surface area contributed by atoms with E-state index in [1.165, 1.54) is 4.90 Å². The summed E-state index contributed by atoms with van der Waals surface area (Å²) in [5.74, 6) is -1.79. The maximum atomic E-state index is 14.4. The first-order chi connectivity index (χ1) is 25.2. The summed E-state index contributed by atoms with van der Waals surface area (Å²) in [6, 6.07) is 12.7. The van der Waals surface area contributed by atoms with E-state index in [1.807, 2.05) is 43.3 Å². The zero-order chi connectivity index (χ0) is 37.9. The van der Waals surface area contributed by atoms with Crippen LogP contribution in [0.15, 0.2) is 53.4 Å². The summed E-state index contributed by atoms with van der Waals surface area (Å²) in [6.07, 6.45) is 3.39. The molecule has 3 N–H and O–H groups in total. The number of ether oxygens (including phenoxy) is 2. The molecule has 0 bridgehead atoms. The standard InChI is InChI=1S/C39H51N5O8S/c1-25-16-18-30(19-17-25)53(50)42-35(47)39-21-28(39)14-8-6-5-7-9-15-31(40-36(48)52-38(2,3)4)34(46)44-24-29(20-32(44)33(45)41-39)51-37(49)43-22-26-12-10-11-13-27(26)23-43/h10-13,16-19,28-29,31-32H,5-9,14-15,20-24H2,1-4H3,(H,40,48)(H,41,45)(H,42,47)/t28-,29-,31+,32+,39-,53-/m1/s1. The molecule has 53 heavy (non-hydrogen) atoms. The quantitative estimate of drug-likeness (QED) is 0.394. The predicted octanol–water partition coefficient (Wildman–Crippen LogP) is 4.77. The predicted molar refractivity (Wildman–Crippen MR) is 196 cm³/mol. The maximum Gasteiger partial charge on any atom is 0.410 e. The first kappa shape index (κ1) is 38.3. The Morgan fingerprint density at radius 3 is 2.23 bits per heavy atom. The fourth-order valence-corrected chi connectivity index (χ4v) is 8.45. The van der Waals surface area contributed by atoms with Gasteiger partial charge in [-0.2, -0.15) is 0 Å². The third-order valence-electron chi connectivity index (χ3n) is 10.5. The first-order valence-electron chi connectivity index (χ1n) is 18.7. The van der Waals surface area contributed by atoms with Gasteiger partial charge in [-0.25, -0.2) is 13.8 Å². The van der Waals surface area contributed by atoms with Gasteiger partial charge in [-0.1, -0.05) is 74.1 Å². The largest absolute Gasteiger partial charge is 0.444 e. The van der Waals surface area contributed by atoms with Crippen LogP contribution >= 0.6 is 0 Å². The molecule has 3 fully saturated rings. The number of carbonyl (C=O) groups is 5. The van der Waals surface area contributed by atoms with Crippen molar-refractivity contribution in [3.63, 3.8) is 0 Å². The van der Waals surface area contributed by atoms with Crippen LogP contribution in [0.3, 0.4) is 0 Å². The summed E-state index contributed by atoms with van der Waals surface area (Å²) >= 11 is 0. The fourth-order valence-electron chi connectivity index (χ4n) is 7.60. The number of hydrogen-bond donors (Lipinski definition) is 3. The average molecular weight is 750 g/mol. The molecule has 0 radical (unpaired) electrons. The van der Waals surface area contributed by atoms with Gasteiger partial charge in [0, 0.05) is 19.5 Å². The van der Waals surface area contributed by atoms with Gasteiger partial charge in [0.15, 0.2) is 11.0 Å². The molecule has 13 nitrogen and oxygen atoms in total. The second kappa shape index (κ2) is 15.9. The van der Waals surface area contributed by atoms with Crippen LogP contribution in [0.4, 0.5) is 9.59 Å². The van der Waals surface area contributed by atoms with Crippen molar-refractivity contribution < 1.29 is 37.7 Å². The van der Waals surface area contributed by atoms with Crippen LogP contribution in [-0.2, 0) is 47.9 Å². The molecule has 3 heterocycles. The summed E-state index contributed by atoms with van der Waals surface area (Å²) in [5, 5.41) is 5.72. The van der Waals surface area contributed by atoms with Crippen LogP contribution in [0.2, 0.25) is 0 Å². The highest BCUT2D eigenvalue weighted by Crippen LogP contribution is 2.48.